The SMILES string of the molecule is O=C(NC1C(O)O[C@H](CO)C(O)[C@@H]1O)c1ccc(F)c(F)c1. The van der Waals surface area contributed by atoms with E-state index in [-0.39, 0.29) is 5.56 Å². The molecule has 5 atom stereocenters. The molecule has 0 spiro atoms. The van der Waals surface area contributed by atoms with Gasteiger partial charge >= 0.3 is 0 Å². The number of halogens is 2. The number of nitrogens with one attached hydrogen (secondary N) is 1. The summed E-state index contributed by atoms with van der Waals surface area (Å²) in [5.74, 6) is -3.26. The Labute approximate surface area is 123 Å². The molecule has 1 aromatic rings. The number of aliphatic hydroxyl groups excluding tert-OH is 4. The second-order valence-electron chi connectivity index (χ2n) is 4.86. The Morgan fingerprint density at radius 2 is 1.86 bits per heavy atom. The highest BCUT2D eigenvalue weighted by atomic mass is 19.2. The highest BCUT2D eigenvalue weighted by Crippen LogP contribution is 2.20. The predicted octanol–water partition coefficient (Wildman–Crippen LogP) is -1.51. The van der Waals surface area contributed by atoms with E-state index >= 15 is 0 Å². The molecule has 9 heteroatoms. The average molecular weight is 319 g/mol. The van der Waals surface area contributed by atoms with Crippen LogP contribution in [0.2, 0.25) is 0 Å². The molecule has 1 aliphatic rings. The van der Waals surface area contributed by atoms with E-state index in [2.05, 4.69) is 5.32 Å². The zero-order chi connectivity index (χ0) is 16.4. The third-order valence-electron chi connectivity index (χ3n) is 3.38. The predicted molar refractivity (Wildman–Crippen MR) is 67.6 cm³/mol. The van der Waals surface area contributed by atoms with Crippen LogP contribution in [0, 0.1) is 11.6 Å². The Kier molecular flexibility index (Phi) is 5.04. The minimum absolute atomic E-state index is 0.239. The fourth-order valence-electron chi connectivity index (χ4n) is 2.13. The molecule has 122 valence electrons. The summed E-state index contributed by atoms with van der Waals surface area (Å²) in [4.78, 5) is 11.9. The van der Waals surface area contributed by atoms with Crippen molar-refractivity contribution in [3.63, 3.8) is 0 Å². The topological polar surface area (TPSA) is 119 Å². The molecule has 1 saturated heterocycles. The second-order valence-corrected chi connectivity index (χ2v) is 4.86. The van der Waals surface area contributed by atoms with Gasteiger partial charge in [-0.1, -0.05) is 0 Å². The molecule has 0 saturated carbocycles. The van der Waals surface area contributed by atoms with Crippen molar-refractivity contribution in [2.75, 3.05) is 6.61 Å². The summed E-state index contributed by atoms with van der Waals surface area (Å²) in [6.07, 6.45) is -6.05. The Balaban J connectivity index is 2.11. The fraction of sp³-hybridized carbons (Fsp3) is 0.462. The van der Waals surface area contributed by atoms with Crippen LogP contribution in [0.15, 0.2) is 18.2 Å². The van der Waals surface area contributed by atoms with Gasteiger partial charge < -0.3 is 30.5 Å². The molecule has 1 heterocycles. The van der Waals surface area contributed by atoms with Crippen molar-refractivity contribution < 1.29 is 38.7 Å². The molecule has 22 heavy (non-hydrogen) atoms. The van der Waals surface area contributed by atoms with Crippen molar-refractivity contribution in [2.45, 2.75) is 30.6 Å². The summed E-state index contributed by atoms with van der Waals surface area (Å²) < 4.78 is 30.8. The molecule has 0 aliphatic carbocycles. The lowest BCUT2D eigenvalue weighted by Gasteiger charge is -2.40. The van der Waals surface area contributed by atoms with Crippen molar-refractivity contribution in [3.05, 3.63) is 35.4 Å². The van der Waals surface area contributed by atoms with E-state index in [1.165, 1.54) is 0 Å². The molecule has 5 N–H and O–H groups in total. The molecule has 1 amide bonds. The third kappa shape index (κ3) is 3.23. The van der Waals surface area contributed by atoms with Gasteiger partial charge in [-0.2, -0.15) is 0 Å². The first-order chi connectivity index (χ1) is 10.3. The van der Waals surface area contributed by atoms with Crippen LogP contribution in [0.3, 0.4) is 0 Å². The van der Waals surface area contributed by atoms with Crippen LogP contribution in [0.5, 0.6) is 0 Å². The number of ether oxygens (including phenoxy) is 1. The van der Waals surface area contributed by atoms with Crippen molar-refractivity contribution in [2.24, 2.45) is 0 Å². The number of benzene rings is 1. The van der Waals surface area contributed by atoms with Crippen LogP contribution < -0.4 is 5.32 Å². The smallest absolute Gasteiger partial charge is 0.251 e. The molecule has 1 fully saturated rings. The molecule has 0 bridgehead atoms. The first-order valence-electron chi connectivity index (χ1n) is 6.41. The molecule has 3 unspecified atom stereocenters. The van der Waals surface area contributed by atoms with Gasteiger partial charge in [-0.05, 0) is 18.2 Å². The highest BCUT2D eigenvalue weighted by molar-refractivity contribution is 5.94. The number of amides is 1. The summed E-state index contributed by atoms with van der Waals surface area (Å²) >= 11 is 0. The zero-order valence-corrected chi connectivity index (χ0v) is 11.2. The highest BCUT2D eigenvalue weighted by Gasteiger charge is 2.44. The number of rotatable bonds is 3. The quantitative estimate of drug-likeness (QED) is 0.462. The van der Waals surface area contributed by atoms with Crippen LogP contribution in [0.1, 0.15) is 10.4 Å². The molecule has 2 rings (SSSR count). The van der Waals surface area contributed by atoms with Crippen LogP contribution in [-0.2, 0) is 4.74 Å². The van der Waals surface area contributed by atoms with Gasteiger partial charge in [0.2, 0.25) is 0 Å². The molecular formula is C13H15F2NO6. The summed E-state index contributed by atoms with van der Waals surface area (Å²) in [5.41, 5.74) is -0.239. The third-order valence-corrected chi connectivity index (χ3v) is 3.38. The summed E-state index contributed by atoms with van der Waals surface area (Å²) in [7, 11) is 0. The van der Waals surface area contributed by atoms with Crippen LogP contribution in [0.25, 0.3) is 0 Å². The monoisotopic (exact) mass is 319 g/mol. The van der Waals surface area contributed by atoms with E-state index in [0.29, 0.717) is 6.07 Å². The van der Waals surface area contributed by atoms with Gasteiger partial charge in [0.1, 0.15) is 24.4 Å². The van der Waals surface area contributed by atoms with E-state index < -0.39 is 54.8 Å². The van der Waals surface area contributed by atoms with Crippen molar-refractivity contribution in [1.29, 1.82) is 0 Å². The van der Waals surface area contributed by atoms with E-state index in [4.69, 9.17) is 9.84 Å². The first-order valence-corrected chi connectivity index (χ1v) is 6.41. The molecule has 0 aromatic heterocycles. The number of aliphatic hydroxyl groups is 4. The van der Waals surface area contributed by atoms with Gasteiger partial charge in [-0.3, -0.25) is 4.79 Å². The maximum atomic E-state index is 13.1. The zero-order valence-electron chi connectivity index (χ0n) is 11.2. The van der Waals surface area contributed by atoms with Gasteiger partial charge in [0.25, 0.3) is 5.91 Å². The number of carbonyl (C=O) groups is 1. The molecular weight excluding hydrogens is 304 g/mol. The van der Waals surface area contributed by atoms with Gasteiger partial charge in [-0.15, -0.1) is 0 Å². The van der Waals surface area contributed by atoms with Gasteiger partial charge in [0, 0.05) is 5.56 Å². The largest absolute Gasteiger partial charge is 0.394 e. The van der Waals surface area contributed by atoms with Crippen molar-refractivity contribution in [1.82, 2.24) is 5.32 Å². The fourth-order valence-corrected chi connectivity index (χ4v) is 2.13. The van der Waals surface area contributed by atoms with E-state index in [1.54, 1.807) is 0 Å². The Morgan fingerprint density at radius 1 is 1.18 bits per heavy atom. The van der Waals surface area contributed by atoms with Crippen molar-refractivity contribution >= 4 is 5.91 Å². The Bertz CT molecular complexity index is 557. The van der Waals surface area contributed by atoms with Crippen molar-refractivity contribution in [3.8, 4) is 0 Å². The lowest BCUT2D eigenvalue weighted by molar-refractivity contribution is -0.252. The van der Waals surface area contributed by atoms with Gasteiger partial charge in [0.15, 0.2) is 17.9 Å². The average Bonchev–Trinajstić information content (AvgIpc) is 2.49. The lowest BCUT2D eigenvalue weighted by atomic mass is 9.97. The first kappa shape index (κ1) is 16.7. The number of carbonyl (C=O) groups excluding carboxylic acids is 1. The van der Waals surface area contributed by atoms with E-state index in [9.17, 15) is 28.9 Å². The van der Waals surface area contributed by atoms with E-state index in [1.807, 2.05) is 0 Å². The maximum absolute atomic E-state index is 13.1. The summed E-state index contributed by atoms with van der Waals surface area (Å²) in [6.45, 7) is -0.640. The second kappa shape index (κ2) is 6.63. The minimum Gasteiger partial charge on any atom is -0.394 e. The normalized spacial score (nSPS) is 31.8. The van der Waals surface area contributed by atoms with Crippen LogP contribution in [0.4, 0.5) is 8.78 Å². The summed E-state index contributed by atoms with van der Waals surface area (Å²) in [6, 6.07) is 1.02. The van der Waals surface area contributed by atoms with Crippen LogP contribution >= 0.6 is 0 Å². The number of hydrogen-bond acceptors (Lipinski definition) is 6. The van der Waals surface area contributed by atoms with Gasteiger partial charge in [-0.25, -0.2) is 8.78 Å². The minimum atomic E-state index is -1.69. The molecule has 7 nitrogen and oxygen atoms in total. The Hall–Kier alpha value is -1.65. The standard InChI is InChI=1S/C13H15F2NO6/c14-6-2-1-5(3-7(6)15)12(20)16-9-11(19)10(18)8(4-17)22-13(9)21/h1-3,8-11,13,17-19,21H,4H2,(H,16,20)/t8-,9?,10?,11-,13?/m1/s1. The van der Waals surface area contributed by atoms with E-state index in [0.717, 1.165) is 12.1 Å². The molecule has 1 aliphatic heterocycles. The Morgan fingerprint density at radius 3 is 2.45 bits per heavy atom. The number of hydrogen-bond donors (Lipinski definition) is 5. The summed E-state index contributed by atoms with van der Waals surface area (Å²) in [5, 5.41) is 40.3. The molecule has 1 aromatic carbocycles. The van der Waals surface area contributed by atoms with Crippen LogP contribution in [-0.4, -0.2) is 63.6 Å². The lowest BCUT2D eigenvalue weighted by Crippen LogP contribution is -2.64. The molecule has 0 radical (unpaired) electrons. The maximum Gasteiger partial charge on any atom is 0.251 e. The van der Waals surface area contributed by atoms with Gasteiger partial charge in [0.05, 0.1) is 6.61 Å².